The molecule has 0 spiro atoms. The second-order valence-corrected chi connectivity index (χ2v) is 6.87. The number of para-hydroxylation sites is 1. The summed E-state index contributed by atoms with van der Waals surface area (Å²) in [7, 11) is 0. The van der Waals surface area contributed by atoms with Gasteiger partial charge in [0.15, 0.2) is 0 Å². The highest BCUT2D eigenvalue weighted by Gasteiger charge is 2.20. The third-order valence-corrected chi connectivity index (χ3v) is 4.94. The minimum absolute atomic E-state index is 0.0358. The van der Waals surface area contributed by atoms with Gasteiger partial charge in [-0.3, -0.25) is 4.90 Å². The van der Waals surface area contributed by atoms with Crippen molar-refractivity contribution in [1.82, 2.24) is 9.80 Å². The number of hydrogen-bond donors (Lipinski definition) is 1. The number of carbonyl (C=O) groups is 1. The highest BCUT2D eigenvalue weighted by Crippen LogP contribution is 2.21. The number of urea groups is 1. The van der Waals surface area contributed by atoms with Crippen LogP contribution in [0.1, 0.15) is 5.56 Å². The molecule has 0 aromatic heterocycles. The Bertz CT molecular complexity index is 725. The zero-order chi connectivity index (χ0) is 17.5. The van der Waals surface area contributed by atoms with E-state index in [-0.39, 0.29) is 6.03 Å². The van der Waals surface area contributed by atoms with E-state index in [4.69, 9.17) is 0 Å². The average molecular weight is 400 g/mol. The molecule has 0 unspecified atom stereocenters. The largest absolute Gasteiger partial charge is 0.322 e. The molecule has 1 aliphatic rings. The molecule has 2 aromatic rings. The number of nitrogens with one attached hydrogen (secondary N) is 1. The molecule has 4 nitrogen and oxygen atoms in total. The summed E-state index contributed by atoms with van der Waals surface area (Å²) in [6, 6.07) is 17.9. The summed E-state index contributed by atoms with van der Waals surface area (Å²) in [6.45, 7) is 4.19. The van der Waals surface area contributed by atoms with Crippen molar-refractivity contribution < 1.29 is 4.79 Å². The van der Waals surface area contributed by atoms with Crippen LogP contribution in [-0.2, 0) is 0 Å². The van der Waals surface area contributed by atoms with Crippen LogP contribution in [0.2, 0.25) is 0 Å². The highest BCUT2D eigenvalue weighted by atomic mass is 79.9. The molecule has 5 heteroatoms. The molecule has 2 aromatic carbocycles. The van der Waals surface area contributed by atoms with E-state index < -0.39 is 0 Å². The molecule has 0 saturated carbocycles. The van der Waals surface area contributed by atoms with E-state index in [1.165, 1.54) is 5.56 Å². The Balaban J connectivity index is 1.44. The molecular weight excluding hydrogens is 378 g/mol. The highest BCUT2D eigenvalue weighted by molar-refractivity contribution is 9.10. The zero-order valence-corrected chi connectivity index (χ0v) is 15.7. The molecular formula is C20H22BrN3O. The number of nitrogens with zero attached hydrogens (tertiary/aromatic N) is 2. The van der Waals surface area contributed by atoms with E-state index >= 15 is 0 Å². The Hall–Kier alpha value is -2.11. The number of piperazine rings is 1. The van der Waals surface area contributed by atoms with E-state index in [0.29, 0.717) is 0 Å². The monoisotopic (exact) mass is 399 g/mol. The van der Waals surface area contributed by atoms with Gasteiger partial charge in [0.05, 0.1) is 5.69 Å². The first-order valence-electron chi connectivity index (χ1n) is 8.47. The van der Waals surface area contributed by atoms with Crippen LogP contribution in [0.3, 0.4) is 0 Å². The van der Waals surface area contributed by atoms with Gasteiger partial charge in [-0.05, 0) is 33.6 Å². The molecule has 2 amide bonds. The molecule has 0 atom stereocenters. The van der Waals surface area contributed by atoms with E-state index in [1.807, 2.05) is 47.4 Å². The minimum Gasteiger partial charge on any atom is -0.322 e. The van der Waals surface area contributed by atoms with Crippen LogP contribution in [0.25, 0.3) is 6.08 Å². The van der Waals surface area contributed by atoms with Crippen molar-refractivity contribution in [3.8, 4) is 0 Å². The Kier molecular flexibility index (Phi) is 6.25. The maximum atomic E-state index is 12.4. The number of carbonyl (C=O) groups excluding carboxylic acids is 1. The quantitative estimate of drug-likeness (QED) is 0.830. The van der Waals surface area contributed by atoms with Crippen LogP contribution in [0.15, 0.2) is 65.1 Å². The average Bonchev–Trinajstić information content (AvgIpc) is 2.65. The van der Waals surface area contributed by atoms with Crippen molar-refractivity contribution in [3.05, 3.63) is 70.7 Å². The predicted molar refractivity (Wildman–Crippen MR) is 107 cm³/mol. The number of rotatable bonds is 4. The fraction of sp³-hybridized carbons (Fsp3) is 0.250. The molecule has 1 fully saturated rings. The Morgan fingerprint density at radius 3 is 2.40 bits per heavy atom. The number of anilines is 1. The van der Waals surface area contributed by atoms with E-state index in [0.717, 1.165) is 42.9 Å². The second kappa shape index (κ2) is 8.83. The maximum Gasteiger partial charge on any atom is 0.321 e. The molecule has 3 rings (SSSR count). The first-order chi connectivity index (χ1) is 12.2. The number of halogens is 1. The molecule has 1 aliphatic heterocycles. The molecule has 1 heterocycles. The smallest absolute Gasteiger partial charge is 0.321 e. The molecule has 0 bridgehead atoms. The van der Waals surface area contributed by atoms with Gasteiger partial charge in [0.1, 0.15) is 0 Å². The van der Waals surface area contributed by atoms with E-state index in [1.54, 1.807) is 0 Å². The van der Waals surface area contributed by atoms with Crippen LogP contribution in [0.5, 0.6) is 0 Å². The Morgan fingerprint density at radius 2 is 1.68 bits per heavy atom. The molecule has 25 heavy (non-hydrogen) atoms. The number of amides is 2. The lowest BCUT2D eigenvalue weighted by atomic mass is 10.2. The minimum atomic E-state index is -0.0358. The normalized spacial score (nSPS) is 15.5. The Labute approximate surface area is 157 Å². The topological polar surface area (TPSA) is 35.6 Å². The Morgan fingerprint density at radius 1 is 1.00 bits per heavy atom. The van der Waals surface area contributed by atoms with Crippen LogP contribution >= 0.6 is 15.9 Å². The van der Waals surface area contributed by atoms with Gasteiger partial charge in [-0.25, -0.2) is 4.79 Å². The SMILES string of the molecule is O=C(Nc1ccccc1Br)N1CCN(C/C=C/c2ccccc2)CC1. The fourth-order valence-corrected chi connectivity index (χ4v) is 3.18. The van der Waals surface area contributed by atoms with Crippen molar-refractivity contribution in [3.63, 3.8) is 0 Å². The lowest BCUT2D eigenvalue weighted by molar-refractivity contribution is 0.156. The first-order valence-corrected chi connectivity index (χ1v) is 9.26. The lowest BCUT2D eigenvalue weighted by Crippen LogP contribution is -2.49. The molecule has 0 radical (unpaired) electrons. The summed E-state index contributed by atoms with van der Waals surface area (Å²) in [6.07, 6.45) is 4.33. The molecule has 1 saturated heterocycles. The van der Waals surface area contributed by atoms with Gasteiger partial charge in [-0.15, -0.1) is 0 Å². The van der Waals surface area contributed by atoms with Crippen LogP contribution < -0.4 is 5.32 Å². The summed E-state index contributed by atoms with van der Waals surface area (Å²) in [5.41, 5.74) is 2.02. The lowest BCUT2D eigenvalue weighted by Gasteiger charge is -2.34. The molecule has 0 aliphatic carbocycles. The van der Waals surface area contributed by atoms with Crippen molar-refractivity contribution in [2.45, 2.75) is 0 Å². The summed E-state index contributed by atoms with van der Waals surface area (Å²) < 4.78 is 0.896. The summed E-state index contributed by atoms with van der Waals surface area (Å²) in [4.78, 5) is 16.6. The van der Waals surface area contributed by atoms with Crippen molar-refractivity contribution in [1.29, 1.82) is 0 Å². The van der Waals surface area contributed by atoms with Gasteiger partial charge in [-0.1, -0.05) is 54.6 Å². The van der Waals surface area contributed by atoms with Gasteiger partial charge in [-0.2, -0.15) is 0 Å². The fourth-order valence-electron chi connectivity index (χ4n) is 2.79. The van der Waals surface area contributed by atoms with Gasteiger partial charge < -0.3 is 10.2 Å². The first kappa shape index (κ1) is 17.7. The van der Waals surface area contributed by atoms with Gasteiger partial charge in [0, 0.05) is 37.2 Å². The van der Waals surface area contributed by atoms with Crippen molar-refractivity contribution in [2.24, 2.45) is 0 Å². The van der Waals surface area contributed by atoms with E-state index in [2.05, 4.69) is 50.4 Å². The summed E-state index contributed by atoms with van der Waals surface area (Å²) in [5, 5.41) is 2.97. The molecule has 130 valence electrons. The van der Waals surface area contributed by atoms with Gasteiger partial charge in [0.25, 0.3) is 0 Å². The summed E-state index contributed by atoms with van der Waals surface area (Å²) in [5.74, 6) is 0. The third kappa shape index (κ3) is 5.18. The molecule has 1 N–H and O–H groups in total. The zero-order valence-electron chi connectivity index (χ0n) is 14.1. The maximum absolute atomic E-state index is 12.4. The standard InChI is InChI=1S/C20H22BrN3O/c21-18-10-4-5-11-19(18)22-20(25)24-15-13-23(14-16-24)12-6-9-17-7-2-1-3-8-17/h1-11H,12-16H2,(H,22,25)/b9-6+. The van der Waals surface area contributed by atoms with Crippen LogP contribution in [0.4, 0.5) is 10.5 Å². The summed E-state index contributed by atoms with van der Waals surface area (Å²) >= 11 is 3.46. The third-order valence-electron chi connectivity index (χ3n) is 4.25. The van der Waals surface area contributed by atoms with Gasteiger partial charge in [0.2, 0.25) is 0 Å². The van der Waals surface area contributed by atoms with E-state index in [9.17, 15) is 4.79 Å². The van der Waals surface area contributed by atoms with Crippen LogP contribution in [-0.4, -0.2) is 48.6 Å². The number of benzene rings is 2. The van der Waals surface area contributed by atoms with Gasteiger partial charge >= 0.3 is 6.03 Å². The number of hydrogen-bond acceptors (Lipinski definition) is 2. The van der Waals surface area contributed by atoms with Crippen molar-refractivity contribution in [2.75, 3.05) is 38.0 Å². The van der Waals surface area contributed by atoms with Crippen LogP contribution in [0, 0.1) is 0 Å². The van der Waals surface area contributed by atoms with Crippen molar-refractivity contribution >= 4 is 33.7 Å². The second-order valence-electron chi connectivity index (χ2n) is 6.01. The predicted octanol–water partition coefficient (Wildman–Crippen LogP) is 4.31.